The van der Waals surface area contributed by atoms with Gasteiger partial charge in [-0.3, -0.25) is 5.10 Å². The molecule has 0 radical (unpaired) electrons. The number of carbonyl (C=O) groups excluding carboxylic acids is 1. The molecule has 0 aliphatic heterocycles. The van der Waals surface area contributed by atoms with Crippen LogP contribution in [0.5, 0.6) is 5.75 Å². The van der Waals surface area contributed by atoms with E-state index >= 15 is 0 Å². The third-order valence-corrected chi connectivity index (χ3v) is 2.93. The first kappa shape index (κ1) is 13.7. The van der Waals surface area contributed by atoms with Crippen LogP contribution in [0.2, 0.25) is 0 Å². The number of aromatic amines is 1. The van der Waals surface area contributed by atoms with Crippen molar-refractivity contribution in [1.82, 2.24) is 20.2 Å². The van der Waals surface area contributed by atoms with E-state index < -0.39 is 11.8 Å². The van der Waals surface area contributed by atoms with Crippen LogP contribution in [0.4, 0.5) is 10.2 Å². The van der Waals surface area contributed by atoms with Crippen LogP contribution in [0, 0.1) is 5.82 Å². The Morgan fingerprint density at radius 1 is 1.36 bits per heavy atom. The number of nitrogens with one attached hydrogen (secondary N) is 1. The van der Waals surface area contributed by atoms with Crippen molar-refractivity contribution in [2.75, 3.05) is 5.73 Å². The molecule has 1 aromatic carbocycles. The minimum atomic E-state index is -0.686. The summed E-state index contributed by atoms with van der Waals surface area (Å²) in [5, 5.41) is 7.19. The number of fused-ring (bicyclic) bond motifs is 1. The van der Waals surface area contributed by atoms with Crippen molar-refractivity contribution in [3.05, 3.63) is 43.0 Å². The predicted molar refractivity (Wildman–Crippen MR) is 77.3 cm³/mol. The van der Waals surface area contributed by atoms with Gasteiger partial charge in [0.15, 0.2) is 5.65 Å². The Balaban J connectivity index is 2.14. The highest BCUT2D eigenvalue weighted by Gasteiger charge is 2.14. The van der Waals surface area contributed by atoms with Crippen molar-refractivity contribution in [2.24, 2.45) is 0 Å². The number of nitrogens with zero attached hydrogens (tertiary/aromatic N) is 3. The first-order valence-corrected chi connectivity index (χ1v) is 6.18. The molecule has 0 saturated carbocycles. The summed E-state index contributed by atoms with van der Waals surface area (Å²) in [6.07, 6.45) is 2.27. The Morgan fingerprint density at radius 3 is 2.95 bits per heavy atom. The summed E-state index contributed by atoms with van der Waals surface area (Å²) in [5.74, 6) is -1.02. The summed E-state index contributed by atoms with van der Waals surface area (Å²) in [6.45, 7) is 3.29. The first-order valence-electron chi connectivity index (χ1n) is 6.18. The van der Waals surface area contributed by atoms with Gasteiger partial charge in [-0.1, -0.05) is 6.58 Å². The number of nitrogen functional groups attached to an aromatic ring is 1. The average molecular weight is 299 g/mol. The Morgan fingerprint density at radius 2 is 2.18 bits per heavy atom. The number of benzene rings is 1. The van der Waals surface area contributed by atoms with Gasteiger partial charge < -0.3 is 10.5 Å². The molecule has 0 amide bonds. The predicted octanol–water partition coefficient (Wildman–Crippen LogP) is 1.83. The molecule has 2 aromatic heterocycles. The number of nitrogens with two attached hydrogens (primary N) is 1. The van der Waals surface area contributed by atoms with Crippen molar-refractivity contribution in [2.45, 2.75) is 0 Å². The smallest absolute Gasteiger partial charge is 0.335 e. The molecule has 8 heteroatoms. The average Bonchev–Trinajstić information content (AvgIpc) is 2.92. The summed E-state index contributed by atoms with van der Waals surface area (Å²) < 4.78 is 18.7. The van der Waals surface area contributed by atoms with Crippen LogP contribution in [0.3, 0.4) is 0 Å². The lowest BCUT2D eigenvalue weighted by atomic mass is 10.1. The molecule has 7 nitrogen and oxygen atoms in total. The van der Waals surface area contributed by atoms with E-state index in [2.05, 4.69) is 26.7 Å². The van der Waals surface area contributed by atoms with Crippen LogP contribution in [-0.4, -0.2) is 26.1 Å². The molecule has 110 valence electrons. The van der Waals surface area contributed by atoms with E-state index in [0.29, 0.717) is 22.3 Å². The maximum Gasteiger partial charge on any atom is 0.335 e. The van der Waals surface area contributed by atoms with Gasteiger partial charge in [-0.05, 0) is 12.1 Å². The van der Waals surface area contributed by atoms with E-state index in [9.17, 15) is 9.18 Å². The fourth-order valence-electron chi connectivity index (χ4n) is 2.01. The van der Waals surface area contributed by atoms with Crippen molar-refractivity contribution in [3.63, 3.8) is 0 Å². The molecule has 0 aliphatic carbocycles. The molecule has 0 aliphatic rings. The molecule has 0 spiro atoms. The second kappa shape index (κ2) is 5.24. The number of halogens is 1. The zero-order valence-electron chi connectivity index (χ0n) is 11.2. The second-order valence-corrected chi connectivity index (χ2v) is 4.36. The topological polar surface area (TPSA) is 107 Å². The van der Waals surface area contributed by atoms with Crippen molar-refractivity contribution in [1.29, 1.82) is 0 Å². The molecule has 0 saturated heterocycles. The number of ether oxygens (including phenoxy) is 1. The van der Waals surface area contributed by atoms with Crippen molar-refractivity contribution in [3.8, 4) is 17.0 Å². The maximum absolute atomic E-state index is 13.8. The van der Waals surface area contributed by atoms with Gasteiger partial charge >= 0.3 is 5.97 Å². The van der Waals surface area contributed by atoms with Gasteiger partial charge in [0.25, 0.3) is 0 Å². The second-order valence-electron chi connectivity index (χ2n) is 4.36. The molecule has 0 atom stereocenters. The van der Waals surface area contributed by atoms with Crippen LogP contribution in [0.25, 0.3) is 22.3 Å². The molecular formula is C14H10FN5O2. The summed E-state index contributed by atoms with van der Waals surface area (Å²) in [4.78, 5) is 19.1. The van der Waals surface area contributed by atoms with Crippen molar-refractivity contribution >= 4 is 22.8 Å². The van der Waals surface area contributed by atoms with Gasteiger partial charge in [0.2, 0.25) is 0 Å². The summed E-state index contributed by atoms with van der Waals surface area (Å²) >= 11 is 0. The number of hydrogen-bond acceptors (Lipinski definition) is 6. The third kappa shape index (κ3) is 2.37. The monoisotopic (exact) mass is 299 g/mol. The Hall–Kier alpha value is -3.29. The summed E-state index contributed by atoms with van der Waals surface area (Å²) in [7, 11) is 0. The molecular weight excluding hydrogens is 289 g/mol. The van der Waals surface area contributed by atoms with E-state index in [1.165, 1.54) is 18.5 Å². The fraction of sp³-hybridized carbons (Fsp3) is 0. The zero-order chi connectivity index (χ0) is 15.7. The molecule has 0 fully saturated rings. The normalized spacial score (nSPS) is 10.6. The van der Waals surface area contributed by atoms with Gasteiger partial charge in [0.05, 0.1) is 11.1 Å². The molecule has 3 aromatic rings. The number of H-pyrrole nitrogens is 1. The zero-order valence-corrected chi connectivity index (χ0v) is 11.2. The lowest BCUT2D eigenvalue weighted by molar-refractivity contribution is -0.128. The van der Waals surface area contributed by atoms with Crippen LogP contribution in [-0.2, 0) is 4.79 Å². The molecule has 0 bridgehead atoms. The molecule has 0 unspecified atom stereocenters. The lowest BCUT2D eigenvalue weighted by Crippen LogP contribution is -2.03. The maximum atomic E-state index is 13.8. The number of carbonyl (C=O) groups is 1. The largest absolute Gasteiger partial charge is 0.423 e. The molecule has 3 N–H and O–H groups in total. The molecule has 2 heterocycles. The van der Waals surface area contributed by atoms with E-state index in [1.54, 1.807) is 0 Å². The van der Waals surface area contributed by atoms with E-state index in [-0.39, 0.29) is 11.6 Å². The number of aromatic nitrogens is 4. The van der Waals surface area contributed by atoms with Gasteiger partial charge in [-0.2, -0.15) is 5.10 Å². The highest BCUT2D eigenvalue weighted by Crippen LogP contribution is 2.31. The number of esters is 1. The van der Waals surface area contributed by atoms with Crippen LogP contribution in [0.15, 0.2) is 37.2 Å². The SMILES string of the molecule is C=CC(=O)Oc1cc(F)cc(-c2[nH]nc3ncnc(N)c23)c1. The quantitative estimate of drug-likeness (QED) is 0.434. The number of hydrogen-bond donors (Lipinski definition) is 2. The minimum absolute atomic E-state index is 0.0399. The number of anilines is 1. The van der Waals surface area contributed by atoms with Gasteiger partial charge in [0.1, 0.15) is 23.7 Å². The minimum Gasteiger partial charge on any atom is -0.423 e. The number of rotatable bonds is 3. The van der Waals surface area contributed by atoms with E-state index in [0.717, 1.165) is 12.1 Å². The molecule has 3 rings (SSSR count). The Kier molecular flexibility index (Phi) is 3.26. The van der Waals surface area contributed by atoms with Crippen LogP contribution in [0.1, 0.15) is 0 Å². The van der Waals surface area contributed by atoms with Crippen molar-refractivity contribution < 1.29 is 13.9 Å². The highest BCUT2D eigenvalue weighted by molar-refractivity contribution is 5.98. The van der Waals surface area contributed by atoms with E-state index in [4.69, 9.17) is 10.5 Å². The van der Waals surface area contributed by atoms with Crippen LogP contribution >= 0.6 is 0 Å². The highest BCUT2D eigenvalue weighted by atomic mass is 19.1. The third-order valence-electron chi connectivity index (χ3n) is 2.93. The first-order chi connectivity index (χ1) is 10.6. The van der Waals surface area contributed by atoms with Gasteiger partial charge in [-0.15, -0.1) is 0 Å². The standard InChI is InChI=1S/C14H10FN5O2/c1-2-10(21)22-9-4-7(3-8(15)5-9)12-11-13(16)17-6-18-14(11)20-19-12/h2-6H,1H2,(H3,16,17,18,19,20). The Bertz CT molecular complexity index is 890. The van der Waals surface area contributed by atoms with E-state index in [1.807, 2.05) is 0 Å². The fourth-order valence-corrected chi connectivity index (χ4v) is 2.01. The lowest BCUT2D eigenvalue weighted by Gasteiger charge is -2.05. The summed E-state index contributed by atoms with van der Waals surface area (Å²) in [5.41, 5.74) is 7.00. The Labute approximate surface area is 123 Å². The van der Waals surface area contributed by atoms with Gasteiger partial charge in [-0.25, -0.2) is 19.2 Å². The molecule has 22 heavy (non-hydrogen) atoms. The van der Waals surface area contributed by atoms with Gasteiger partial charge in [0, 0.05) is 17.7 Å². The summed E-state index contributed by atoms with van der Waals surface area (Å²) in [6, 6.07) is 3.82. The van der Waals surface area contributed by atoms with Crippen LogP contribution < -0.4 is 10.5 Å².